The van der Waals surface area contributed by atoms with Crippen molar-refractivity contribution in [3.63, 3.8) is 0 Å². The van der Waals surface area contributed by atoms with Crippen LogP contribution < -0.4 is 5.32 Å². The molecule has 0 radical (unpaired) electrons. The summed E-state index contributed by atoms with van der Waals surface area (Å²) in [6.07, 6.45) is 7.20. The molecule has 2 fully saturated rings. The maximum Gasteiger partial charge on any atom is 0.134 e. The molecule has 1 aromatic rings. The summed E-state index contributed by atoms with van der Waals surface area (Å²) < 4.78 is 4.04. The van der Waals surface area contributed by atoms with Gasteiger partial charge in [-0.05, 0) is 31.2 Å². The Hall–Kier alpha value is -0.680. The van der Waals surface area contributed by atoms with E-state index in [1.165, 1.54) is 56.7 Å². The second kappa shape index (κ2) is 5.53. The number of piperidine rings is 1. The van der Waals surface area contributed by atoms with Gasteiger partial charge in [0.1, 0.15) is 10.7 Å². The predicted octanol–water partition coefficient (Wildman–Crippen LogP) is 2.59. The summed E-state index contributed by atoms with van der Waals surface area (Å²) in [6, 6.07) is 0. The summed E-state index contributed by atoms with van der Waals surface area (Å²) in [5.41, 5.74) is 1.12. The van der Waals surface area contributed by atoms with Crippen LogP contribution in [-0.2, 0) is 6.54 Å². The van der Waals surface area contributed by atoms with Crippen molar-refractivity contribution in [1.29, 1.82) is 0 Å². The number of aromatic nitrogens is 2. The third-order valence-corrected chi connectivity index (χ3v) is 5.32. The molecule has 18 heavy (non-hydrogen) atoms. The van der Waals surface area contributed by atoms with Crippen molar-refractivity contribution >= 4 is 16.5 Å². The SMILES string of the molecule is CNc1snnc1CN1CCC2CCCCC2C1. The van der Waals surface area contributed by atoms with Gasteiger partial charge >= 0.3 is 0 Å². The Bertz CT molecular complexity index is 392. The Balaban J connectivity index is 1.61. The second-order valence-electron chi connectivity index (χ2n) is 5.63. The molecule has 1 N–H and O–H groups in total. The molecule has 2 unspecified atom stereocenters. The molecule has 1 aliphatic heterocycles. The Morgan fingerprint density at radius 1 is 1.28 bits per heavy atom. The number of hydrogen-bond donors (Lipinski definition) is 1. The molecule has 100 valence electrons. The monoisotopic (exact) mass is 266 g/mol. The van der Waals surface area contributed by atoms with Crippen LogP contribution in [0.25, 0.3) is 0 Å². The lowest BCUT2D eigenvalue weighted by atomic mass is 9.75. The molecule has 1 saturated heterocycles. The highest BCUT2D eigenvalue weighted by atomic mass is 32.1. The van der Waals surface area contributed by atoms with Crippen LogP contribution >= 0.6 is 11.5 Å². The number of nitrogens with zero attached hydrogens (tertiary/aromatic N) is 3. The highest BCUT2D eigenvalue weighted by Gasteiger charge is 2.31. The van der Waals surface area contributed by atoms with Gasteiger partial charge in [0.15, 0.2) is 0 Å². The number of nitrogens with one attached hydrogen (secondary N) is 1. The maximum absolute atomic E-state index is 4.25. The van der Waals surface area contributed by atoms with E-state index in [0.29, 0.717) is 0 Å². The van der Waals surface area contributed by atoms with E-state index in [0.717, 1.165) is 29.1 Å². The smallest absolute Gasteiger partial charge is 0.134 e. The van der Waals surface area contributed by atoms with Gasteiger partial charge in [-0.3, -0.25) is 4.90 Å². The first-order valence-electron chi connectivity index (χ1n) is 7.08. The Morgan fingerprint density at radius 2 is 2.11 bits per heavy atom. The first-order chi connectivity index (χ1) is 8.86. The van der Waals surface area contributed by atoms with Gasteiger partial charge in [-0.1, -0.05) is 23.8 Å². The third kappa shape index (κ3) is 2.52. The molecular weight excluding hydrogens is 244 g/mol. The lowest BCUT2D eigenvalue weighted by molar-refractivity contribution is 0.0813. The summed E-state index contributed by atoms with van der Waals surface area (Å²) in [6.45, 7) is 3.48. The van der Waals surface area contributed by atoms with Crippen LogP contribution in [0, 0.1) is 11.8 Å². The molecule has 1 saturated carbocycles. The van der Waals surface area contributed by atoms with Gasteiger partial charge in [0.05, 0.1) is 0 Å². The fourth-order valence-corrected chi connectivity index (χ4v) is 4.06. The number of hydrogen-bond acceptors (Lipinski definition) is 5. The average Bonchev–Trinajstić information content (AvgIpc) is 2.86. The molecule has 2 atom stereocenters. The fraction of sp³-hybridized carbons (Fsp3) is 0.846. The largest absolute Gasteiger partial charge is 0.377 e. The number of fused-ring (bicyclic) bond motifs is 1. The summed E-state index contributed by atoms with van der Waals surface area (Å²) in [4.78, 5) is 2.57. The normalized spacial score (nSPS) is 28.9. The van der Waals surface area contributed by atoms with E-state index in [1.807, 2.05) is 7.05 Å². The van der Waals surface area contributed by atoms with Crippen LogP contribution in [0.5, 0.6) is 0 Å². The van der Waals surface area contributed by atoms with Gasteiger partial charge in [-0.25, -0.2) is 0 Å². The van der Waals surface area contributed by atoms with Crippen molar-refractivity contribution in [3.8, 4) is 0 Å². The van der Waals surface area contributed by atoms with Gasteiger partial charge in [-0.2, -0.15) is 0 Å². The van der Waals surface area contributed by atoms with Crippen LogP contribution in [0.15, 0.2) is 0 Å². The Kier molecular flexibility index (Phi) is 3.80. The molecular formula is C13H22N4S. The summed E-state index contributed by atoms with van der Waals surface area (Å²) in [5.74, 6) is 1.95. The highest BCUT2D eigenvalue weighted by Crippen LogP contribution is 2.36. The van der Waals surface area contributed by atoms with E-state index >= 15 is 0 Å². The van der Waals surface area contributed by atoms with Crippen LogP contribution in [0.1, 0.15) is 37.8 Å². The van der Waals surface area contributed by atoms with Crippen molar-refractivity contribution in [2.45, 2.75) is 38.6 Å². The lowest BCUT2D eigenvalue weighted by Gasteiger charge is -2.41. The fourth-order valence-electron chi connectivity index (χ4n) is 3.53. The zero-order chi connectivity index (χ0) is 12.4. The Morgan fingerprint density at radius 3 is 2.94 bits per heavy atom. The molecule has 1 aromatic heterocycles. The van der Waals surface area contributed by atoms with E-state index < -0.39 is 0 Å². The number of likely N-dealkylation sites (tertiary alicyclic amines) is 1. The zero-order valence-electron chi connectivity index (χ0n) is 11.1. The van der Waals surface area contributed by atoms with Crippen molar-refractivity contribution in [2.24, 2.45) is 11.8 Å². The zero-order valence-corrected chi connectivity index (χ0v) is 11.9. The van der Waals surface area contributed by atoms with Gasteiger partial charge < -0.3 is 5.32 Å². The number of rotatable bonds is 3. The molecule has 2 heterocycles. The van der Waals surface area contributed by atoms with Crippen molar-refractivity contribution in [2.75, 3.05) is 25.5 Å². The maximum atomic E-state index is 4.25. The van der Waals surface area contributed by atoms with E-state index in [4.69, 9.17) is 0 Å². The van der Waals surface area contributed by atoms with E-state index in [9.17, 15) is 0 Å². The molecule has 3 rings (SSSR count). The lowest BCUT2D eigenvalue weighted by Crippen LogP contribution is -2.41. The standard InChI is InChI=1S/C13H22N4S/c1-14-13-12(15-16-18-13)9-17-7-6-10-4-2-3-5-11(10)8-17/h10-11,14H,2-9H2,1H3. The molecule has 5 heteroatoms. The summed E-state index contributed by atoms with van der Waals surface area (Å²) in [7, 11) is 1.95. The van der Waals surface area contributed by atoms with Gasteiger partial charge in [0, 0.05) is 31.7 Å². The highest BCUT2D eigenvalue weighted by molar-refractivity contribution is 7.10. The predicted molar refractivity (Wildman–Crippen MR) is 74.8 cm³/mol. The van der Waals surface area contributed by atoms with E-state index in [1.54, 1.807) is 0 Å². The van der Waals surface area contributed by atoms with Crippen LogP contribution in [0.4, 0.5) is 5.00 Å². The summed E-state index contributed by atoms with van der Waals surface area (Å²) in [5, 5.41) is 8.56. The van der Waals surface area contributed by atoms with E-state index in [-0.39, 0.29) is 0 Å². The van der Waals surface area contributed by atoms with Crippen LogP contribution in [0.2, 0.25) is 0 Å². The minimum atomic E-state index is 0.942. The van der Waals surface area contributed by atoms with Crippen LogP contribution in [-0.4, -0.2) is 34.6 Å². The molecule has 0 spiro atoms. The number of anilines is 1. The minimum absolute atomic E-state index is 0.942. The molecule has 2 aliphatic rings. The third-order valence-electron chi connectivity index (χ3n) is 4.53. The quantitative estimate of drug-likeness (QED) is 0.913. The first kappa shape index (κ1) is 12.4. The van der Waals surface area contributed by atoms with Gasteiger partial charge in [-0.15, -0.1) is 5.10 Å². The topological polar surface area (TPSA) is 41.1 Å². The molecule has 4 nitrogen and oxygen atoms in total. The first-order valence-corrected chi connectivity index (χ1v) is 7.85. The molecule has 0 bridgehead atoms. The summed E-state index contributed by atoms with van der Waals surface area (Å²) >= 11 is 1.46. The van der Waals surface area contributed by atoms with Crippen LogP contribution in [0.3, 0.4) is 0 Å². The second-order valence-corrected chi connectivity index (χ2v) is 6.38. The molecule has 0 amide bonds. The van der Waals surface area contributed by atoms with Crippen molar-refractivity contribution in [1.82, 2.24) is 14.5 Å². The van der Waals surface area contributed by atoms with Crippen molar-refractivity contribution < 1.29 is 0 Å². The van der Waals surface area contributed by atoms with Gasteiger partial charge in [0.2, 0.25) is 0 Å². The minimum Gasteiger partial charge on any atom is -0.377 e. The molecule has 0 aromatic carbocycles. The van der Waals surface area contributed by atoms with E-state index in [2.05, 4.69) is 19.8 Å². The van der Waals surface area contributed by atoms with Gasteiger partial charge in [0.25, 0.3) is 0 Å². The van der Waals surface area contributed by atoms with Crippen molar-refractivity contribution in [3.05, 3.63) is 5.69 Å². The Labute approximate surface area is 113 Å². The average molecular weight is 266 g/mol. The molecule has 1 aliphatic carbocycles.